The molecule has 1 aliphatic carbocycles. The van der Waals surface area contributed by atoms with E-state index in [1.807, 2.05) is 20.0 Å². The third-order valence-electron chi connectivity index (χ3n) is 4.65. The van der Waals surface area contributed by atoms with Gasteiger partial charge in [0.2, 0.25) is 0 Å². The fourth-order valence-corrected chi connectivity index (χ4v) is 3.51. The first-order valence-electron chi connectivity index (χ1n) is 8.00. The largest absolute Gasteiger partial charge is 0.347 e. The Morgan fingerprint density at radius 1 is 1.23 bits per heavy atom. The first kappa shape index (κ1) is 14.8. The highest BCUT2D eigenvalue weighted by molar-refractivity contribution is 5.93. The normalized spacial score (nSPS) is 21.5. The third-order valence-corrected chi connectivity index (χ3v) is 4.65. The van der Waals surface area contributed by atoms with Crippen LogP contribution in [-0.4, -0.2) is 21.5 Å². The van der Waals surface area contributed by atoms with Crippen LogP contribution in [0.2, 0.25) is 0 Å². The molecule has 1 saturated carbocycles. The van der Waals surface area contributed by atoms with Crippen molar-refractivity contribution in [3.63, 3.8) is 0 Å². The lowest BCUT2D eigenvalue weighted by atomic mass is 9.80. The van der Waals surface area contributed by atoms with Gasteiger partial charge in [0.1, 0.15) is 5.69 Å². The lowest BCUT2D eigenvalue weighted by Gasteiger charge is -2.32. The van der Waals surface area contributed by atoms with Gasteiger partial charge in [-0.25, -0.2) is 4.98 Å². The molecule has 2 atom stereocenters. The van der Waals surface area contributed by atoms with E-state index in [0.29, 0.717) is 11.6 Å². The monoisotopic (exact) mass is 297 g/mol. The molecule has 116 valence electrons. The first-order chi connectivity index (χ1) is 10.7. The summed E-state index contributed by atoms with van der Waals surface area (Å²) in [4.78, 5) is 16.8. The number of nitrogens with zero attached hydrogens (tertiary/aromatic N) is 2. The van der Waals surface area contributed by atoms with Crippen LogP contribution in [0.25, 0.3) is 0 Å². The molecule has 4 heteroatoms. The van der Waals surface area contributed by atoms with E-state index in [9.17, 15) is 4.79 Å². The number of imidazole rings is 1. The summed E-state index contributed by atoms with van der Waals surface area (Å²) in [5.41, 5.74) is 2.78. The van der Waals surface area contributed by atoms with Crippen LogP contribution in [0.4, 0.5) is 0 Å². The number of carbonyl (C=O) groups excluding carboxylic acids is 1. The average molecular weight is 297 g/mol. The van der Waals surface area contributed by atoms with Crippen molar-refractivity contribution < 1.29 is 4.79 Å². The molecule has 4 nitrogen and oxygen atoms in total. The number of benzene rings is 1. The van der Waals surface area contributed by atoms with Crippen LogP contribution in [0, 0.1) is 6.92 Å². The molecule has 2 aromatic rings. The van der Waals surface area contributed by atoms with Gasteiger partial charge in [0.25, 0.3) is 5.91 Å². The van der Waals surface area contributed by atoms with E-state index >= 15 is 0 Å². The van der Waals surface area contributed by atoms with E-state index in [-0.39, 0.29) is 11.9 Å². The summed E-state index contributed by atoms with van der Waals surface area (Å²) in [7, 11) is 1.87. The summed E-state index contributed by atoms with van der Waals surface area (Å²) in [6.07, 6.45) is 6.29. The van der Waals surface area contributed by atoms with Crippen molar-refractivity contribution in [1.82, 2.24) is 14.9 Å². The van der Waals surface area contributed by atoms with Crippen molar-refractivity contribution in [2.24, 2.45) is 7.05 Å². The van der Waals surface area contributed by atoms with E-state index in [2.05, 4.69) is 34.6 Å². The zero-order chi connectivity index (χ0) is 15.5. The van der Waals surface area contributed by atoms with Crippen molar-refractivity contribution in [1.29, 1.82) is 0 Å². The summed E-state index contributed by atoms with van der Waals surface area (Å²) < 4.78 is 1.80. The molecule has 0 unspecified atom stereocenters. The van der Waals surface area contributed by atoms with Gasteiger partial charge in [-0.1, -0.05) is 43.2 Å². The van der Waals surface area contributed by atoms with Crippen molar-refractivity contribution in [3.8, 4) is 0 Å². The molecular weight excluding hydrogens is 274 g/mol. The van der Waals surface area contributed by atoms with E-state index in [0.717, 1.165) is 18.5 Å². The fraction of sp³-hybridized carbons (Fsp3) is 0.444. The zero-order valence-electron chi connectivity index (χ0n) is 13.2. The van der Waals surface area contributed by atoms with Crippen LogP contribution in [-0.2, 0) is 7.05 Å². The molecule has 0 bridgehead atoms. The summed E-state index contributed by atoms with van der Waals surface area (Å²) in [5.74, 6) is 0.401. The Kier molecular flexibility index (Phi) is 4.27. The molecule has 1 aromatic heterocycles. The molecule has 1 heterocycles. The Hall–Kier alpha value is -2.10. The van der Waals surface area contributed by atoms with Gasteiger partial charge in [0.15, 0.2) is 0 Å². The lowest BCUT2D eigenvalue weighted by Crippen LogP contribution is -2.41. The SMILES string of the molecule is Cc1ncn(C)c1C(=O)N[C@@H]1CCCC[C@H]1c1ccccc1. The van der Waals surface area contributed by atoms with E-state index < -0.39 is 0 Å². The van der Waals surface area contributed by atoms with Crippen LogP contribution < -0.4 is 5.32 Å². The van der Waals surface area contributed by atoms with Gasteiger partial charge in [0, 0.05) is 19.0 Å². The number of amides is 1. The highest BCUT2D eigenvalue weighted by Gasteiger charge is 2.29. The molecule has 3 rings (SSSR count). The van der Waals surface area contributed by atoms with E-state index in [4.69, 9.17) is 0 Å². The highest BCUT2D eigenvalue weighted by atomic mass is 16.2. The van der Waals surface area contributed by atoms with Gasteiger partial charge in [-0.05, 0) is 25.3 Å². The Labute approximate surface area is 131 Å². The lowest BCUT2D eigenvalue weighted by molar-refractivity contribution is 0.0911. The van der Waals surface area contributed by atoms with Gasteiger partial charge in [-0.3, -0.25) is 4.79 Å². The Bertz CT molecular complexity index is 628. The summed E-state index contributed by atoms with van der Waals surface area (Å²) in [5, 5.41) is 3.25. The van der Waals surface area contributed by atoms with Crippen LogP contribution in [0.1, 0.15) is 53.3 Å². The number of aryl methyl sites for hydroxylation is 2. The van der Waals surface area contributed by atoms with Crippen LogP contribution in [0.5, 0.6) is 0 Å². The maximum Gasteiger partial charge on any atom is 0.270 e. The van der Waals surface area contributed by atoms with Crippen LogP contribution >= 0.6 is 0 Å². The predicted octanol–water partition coefficient (Wildman–Crippen LogP) is 3.18. The van der Waals surface area contributed by atoms with Crippen molar-refractivity contribution >= 4 is 5.91 Å². The van der Waals surface area contributed by atoms with Crippen molar-refractivity contribution in [2.75, 3.05) is 0 Å². The summed E-state index contributed by atoms with van der Waals surface area (Å²) >= 11 is 0. The second kappa shape index (κ2) is 6.34. The molecule has 1 N–H and O–H groups in total. The second-order valence-corrected chi connectivity index (χ2v) is 6.17. The van der Waals surface area contributed by atoms with Crippen molar-refractivity contribution in [3.05, 3.63) is 53.6 Å². The minimum Gasteiger partial charge on any atom is -0.347 e. The Morgan fingerprint density at radius 3 is 2.64 bits per heavy atom. The van der Waals surface area contributed by atoms with Gasteiger partial charge < -0.3 is 9.88 Å². The molecule has 0 aliphatic heterocycles. The van der Waals surface area contributed by atoms with E-state index in [1.165, 1.54) is 18.4 Å². The molecule has 1 aliphatic rings. The smallest absolute Gasteiger partial charge is 0.270 e. The number of hydrogen-bond donors (Lipinski definition) is 1. The van der Waals surface area contributed by atoms with Crippen LogP contribution in [0.15, 0.2) is 36.7 Å². The summed E-state index contributed by atoms with van der Waals surface area (Å²) in [6, 6.07) is 10.7. The molecule has 0 saturated heterocycles. The molecule has 0 spiro atoms. The maximum atomic E-state index is 12.6. The number of hydrogen-bond acceptors (Lipinski definition) is 2. The third kappa shape index (κ3) is 2.91. The Morgan fingerprint density at radius 2 is 1.95 bits per heavy atom. The number of aromatic nitrogens is 2. The second-order valence-electron chi connectivity index (χ2n) is 6.17. The average Bonchev–Trinajstić information content (AvgIpc) is 2.87. The molecule has 1 fully saturated rings. The maximum absolute atomic E-state index is 12.6. The minimum atomic E-state index is -0.00895. The number of rotatable bonds is 3. The zero-order valence-corrected chi connectivity index (χ0v) is 13.2. The van der Waals surface area contributed by atoms with Crippen molar-refractivity contribution in [2.45, 2.75) is 44.6 Å². The molecular formula is C18H23N3O. The highest BCUT2D eigenvalue weighted by Crippen LogP contribution is 2.33. The topological polar surface area (TPSA) is 46.9 Å². The first-order valence-corrected chi connectivity index (χ1v) is 8.00. The van der Waals surface area contributed by atoms with E-state index in [1.54, 1.807) is 10.9 Å². The molecule has 1 aromatic carbocycles. The quantitative estimate of drug-likeness (QED) is 0.946. The standard InChI is InChI=1S/C18H23N3O/c1-13-17(21(2)12-19-13)18(22)20-16-11-7-6-10-15(16)14-8-4-3-5-9-14/h3-5,8-9,12,15-16H,6-7,10-11H2,1-2H3,(H,20,22)/t15-,16+/m0/s1. The van der Waals surface area contributed by atoms with Gasteiger partial charge >= 0.3 is 0 Å². The van der Waals surface area contributed by atoms with Gasteiger partial charge in [0.05, 0.1) is 12.0 Å². The number of nitrogens with one attached hydrogen (secondary N) is 1. The molecule has 1 amide bonds. The minimum absolute atomic E-state index is 0.00895. The fourth-order valence-electron chi connectivity index (χ4n) is 3.51. The van der Waals surface area contributed by atoms with Crippen LogP contribution in [0.3, 0.4) is 0 Å². The summed E-state index contributed by atoms with van der Waals surface area (Å²) in [6.45, 7) is 1.88. The van der Waals surface area contributed by atoms with Gasteiger partial charge in [-0.15, -0.1) is 0 Å². The van der Waals surface area contributed by atoms with Gasteiger partial charge in [-0.2, -0.15) is 0 Å². The molecule has 22 heavy (non-hydrogen) atoms. The Balaban J connectivity index is 1.79. The molecule has 0 radical (unpaired) electrons. The predicted molar refractivity (Wildman–Crippen MR) is 86.9 cm³/mol. The number of carbonyl (C=O) groups is 1.